The average Bonchev–Trinajstić information content (AvgIpc) is 1.88. The first kappa shape index (κ1) is 7.39. The highest BCUT2D eigenvalue weighted by atomic mass is 35.5. The van der Waals surface area contributed by atoms with Crippen LogP contribution >= 0.6 is 23.2 Å². The van der Waals surface area contributed by atoms with Crippen molar-refractivity contribution in [1.29, 1.82) is 5.26 Å². The SMILES string of the molecule is N#CC1(Cl)C=C(Cl)NC=N1. The van der Waals surface area contributed by atoms with Crippen LogP contribution < -0.4 is 5.32 Å². The van der Waals surface area contributed by atoms with Gasteiger partial charge in [0.05, 0.1) is 6.34 Å². The number of rotatable bonds is 0. The normalized spacial score (nSPS) is 30.3. The second-order valence-electron chi connectivity index (χ2n) is 1.68. The van der Waals surface area contributed by atoms with Gasteiger partial charge in [-0.2, -0.15) is 5.26 Å². The van der Waals surface area contributed by atoms with Crippen molar-refractivity contribution >= 4 is 29.5 Å². The summed E-state index contributed by atoms with van der Waals surface area (Å²) < 4.78 is 0. The molecular formula is C5H3Cl2N3. The number of aliphatic imine (C=N–C) groups is 1. The molecule has 52 valence electrons. The summed E-state index contributed by atoms with van der Waals surface area (Å²) >= 11 is 11.1. The summed E-state index contributed by atoms with van der Waals surface area (Å²) in [6.45, 7) is 0. The first-order chi connectivity index (χ1) is 4.66. The van der Waals surface area contributed by atoms with Gasteiger partial charge in [-0.05, 0) is 0 Å². The van der Waals surface area contributed by atoms with Crippen LogP contribution in [0.4, 0.5) is 0 Å². The number of hydrogen-bond donors (Lipinski definition) is 1. The fourth-order valence-corrected chi connectivity index (χ4v) is 0.916. The van der Waals surface area contributed by atoms with Crippen molar-refractivity contribution in [3.63, 3.8) is 0 Å². The lowest BCUT2D eigenvalue weighted by Crippen LogP contribution is -2.23. The van der Waals surface area contributed by atoms with Crippen molar-refractivity contribution in [2.75, 3.05) is 0 Å². The Kier molecular flexibility index (Phi) is 1.84. The van der Waals surface area contributed by atoms with Crippen LogP contribution in [0.5, 0.6) is 0 Å². The molecule has 0 saturated carbocycles. The van der Waals surface area contributed by atoms with Crippen LogP contribution in [0.2, 0.25) is 0 Å². The molecule has 1 N–H and O–H groups in total. The van der Waals surface area contributed by atoms with Gasteiger partial charge in [-0.3, -0.25) is 0 Å². The summed E-state index contributed by atoms with van der Waals surface area (Å²) in [5, 5.41) is 11.3. The lowest BCUT2D eigenvalue weighted by Gasteiger charge is -2.13. The van der Waals surface area contributed by atoms with E-state index in [1.54, 1.807) is 6.07 Å². The van der Waals surface area contributed by atoms with Crippen molar-refractivity contribution in [2.45, 2.75) is 5.00 Å². The monoisotopic (exact) mass is 175 g/mol. The van der Waals surface area contributed by atoms with Crippen molar-refractivity contribution in [2.24, 2.45) is 4.99 Å². The molecule has 0 aromatic heterocycles. The molecule has 0 bridgehead atoms. The van der Waals surface area contributed by atoms with Crippen LogP contribution in [0.3, 0.4) is 0 Å². The van der Waals surface area contributed by atoms with Crippen molar-refractivity contribution in [1.82, 2.24) is 5.32 Å². The highest BCUT2D eigenvalue weighted by molar-refractivity contribution is 6.33. The minimum Gasteiger partial charge on any atom is -0.337 e. The van der Waals surface area contributed by atoms with E-state index >= 15 is 0 Å². The van der Waals surface area contributed by atoms with Crippen LogP contribution in [0.25, 0.3) is 0 Å². The predicted octanol–water partition coefficient (Wildman–Crippen LogP) is 1.16. The molecule has 0 aromatic rings. The molecule has 0 spiro atoms. The van der Waals surface area contributed by atoms with E-state index in [2.05, 4.69) is 10.3 Å². The maximum absolute atomic E-state index is 8.44. The molecule has 3 nitrogen and oxygen atoms in total. The second-order valence-corrected chi connectivity index (χ2v) is 2.66. The molecule has 10 heavy (non-hydrogen) atoms. The molecule has 1 atom stereocenters. The summed E-state index contributed by atoms with van der Waals surface area (Å²) in [5.74, 6) is 0. The van der Waals surface area contributed by atoms with Crippen molar-refractivity contribution in [3.8, 4) is 6.07 Å². The zero-order valence-electron chi connectivity index (χ0n) is 4.81. The molecule has 0 aromatic carbocycles. The maximum atomic E-state index is 8.44. The van der Waals surface area contributed by atoms with Crippen molar-refractivity contribution in [3.05, 3.63) is 11.2 Å². The lowest BCUT2D eigenvalue weighted by molar-refractivity contribution is 0.905. The Balaban J connectivity index is 2.91. The van der Waals surface area contributed by atoms with Crippen LogP contribution in [0.1, 0.15) is 0 Å². The third kappa shape index (κ3) is 1.41. The Morgan fingerprint density at radius 2 is 2.50 bits per heavy atom. The molecule has 0 aliphatic carbocycles. The van der Waals surface area contributed by atoms with Gasteiger partial charge in [-0.1, -0.05) is 23.2 Å². The molecular weight excluding hydrogens is 173 g/mol. The third-order valence-corrected chi connectivity index (χ3v) is 1.44. The Morgan fingerprint density at radius 3 is 2.90 bits per heavy atom. The number of nitrogens with zero attached hydrogens (tertiary/aromatic N) is 2. The van der Waals surface area contributed by atoms with Crippen molar-refractivity contribution < 1.29 is 0 Å². The first-order valence-electron chi connectivity index (χ1n) is 2.45. The van der Waals surface area contributed by atoms with Gasteiger partial charge in [0.15, 0.2) is 0 Å². The van der Waals surface area contributed by atoms with E-state index in [9.17, 15) is 0 Å². The fraction of sp³-hybridized carbons (Fsp3) is 0.200. The number of alkyl halides is 1. The van der Waals surface area contributed by atoms with Gasteiger partial charge < -0.3 is 5.32 Å². The fourth-order valence-electron chi connectivity index (χ4n) is 0.496. The van der Waals surface area contributed by atoms with E-state index in [0.717, 1.165) is 0 Å². The maximum Gasteiger partial charge on any atom is 0.242 e. The van der Waals surface area contributed by atoms with Crippen LogP contribution in [0.15, 0.2) is 16.2 Å². The zero-order chi connectivity index (χ0) is 7.61. The Morgan fingerprint density at radius 1 is 1.80 bits per heavy atom. The van der Waals surface area contributed by atoms with Gasteiger partial charge in [-0.15, -0.1) is 0 Å². The first-order valence-corrected chi connectivity index (χ1v) is 3.21. The largest absolute Gasteiger partial charge is 0.337 e. The van der Waals surface area contributed by atoms with E-state index < -0.39 is 5.00 Å². The second kappa shape index (κ2) is 2.49. The Hall–Kier alpha value is -0.720. The van der Waals surface area contributed by atoms with Crippen LogP contribution in [-0.4, -0.2) is 11.3 Å². The molecule has 0 fully saturated rings. The molecule has 1 heterocycles. The minimum absolute atomic E-state index is 0.312. The highest BCUT2D eigenvalue weighted by Gasteiger charge is 2.24. The highest BCUT2D eigenvalue weighted by Crippen LogP contribution is 2.21. The molecule has 1 unspecified atom stereocenters. The van der Waals surface area contributed by atoms with E-state index in [4.69, 9.17) is 28.5 Å². The third-order valence-electron chi connectivity index (χ3n) is 0.930. The van der Waals surface area contributed by atoms with Gasteiger partial charge in [0.2, 0.25) is 5.00 Å². The summed E-state index contributed by atoms with van der Waals surface area (Å²) in [6.07, 6.45) is 2.62. The molecule has 0 saturated heterocycles. The van der Waals surface area contributed by atoms with Gasteiger partial charge in [0.25, 0.3) is 0 Å². The van der Waals surface area contributed by atoms with E-state index in [1.165, 1.54) is 12.4 Å². The quantitative estimate of drug-likeness (QED) is 0.444. The summed E-state index contributed by atoms with van der Waals surface area (Å²) in [7, 11) is 0. The van der Waals surface area contributed by atoms with Gasteiger partial charge in [0, 0.05) is 6.08 Å². The summed E-state index contributed by atoms with van der Waals surface area (Å²) in [5.41, 5.74) is 0. The number of hydrogen-bond acceptors (Lipinski definition) is 3. The van der Waals surface area contributed by atoms with E-state index in [0.29, 0.717) is 5.16 Å². The van der Waals surface area contributed by atoms with E-state index in [-0.39, 0.29) is 0 Å². The van der Waals surface area contributed by atoms with Gasteiger partial charge in [-0.25, -0.2) is 4.99 Å². The predicted molar refractivity (Wildman–Crippen MR) is 39.8 cm³/mol. The van der Waals surface area contributed by atoms with Crippen LogP contribution in [-0.2, 0) is 0 Å². The smallest absolute Gasteiger partial charge is 0.242 e. The van der Waals surface area contributed by atoms with Gasteiger partial charge >= 0.3 is 0 Å². The molecule has 1 aliphatic heterocycles. The lowest BCUT2D eigenvalue weighted by atomic mass is 10.3. The summed E-state index contributed by atoms with van der Waals surface area (Å²) in [6, 6.07) is 1.78. The molecule has 0 amide bonds. The average molecular weight is 176 g/mol. The Bertz CT molecular complexity index is 240. The minimum atomic E-state index is -1.32. The molecule has 5 heteroatoms. The molecule has 1 rings (SSSR count). The number of halogens is 2. The van der Waals surface area contributed by atoms with Crippen LogP contribution in [0, 0.1) is 11.3 Å². The zero-order valence-corrected chi connectivity index (χ0v) is 6.32. The topological polar surface area (TPSA) is 48.2 Å². The number of nitriles is 1. The summed E-state index contributed by atoms with van der Waals surface area (Å²) in [4.78, 5) is 2.32. The number of nitrogens with one attached hydrogen (secondary N) is 1. The van der Waals surface area contributed by atoms with E-state index in [1.807, 2.05) is 0 Å². The molecule has 0 radical (unpaired) electrons. The van der Waals surface area contributed by atoms with Gasteiger partial charge in [0.1, 0.15) is 11.2 Å². The molecule has 1 aliphatic rings. The standard InChI is InChI=1S/C5H3Cl2N3/c6-4-1-5(7,2-8)10-3-9-4/h1,3H,(H,9,10). The Labute approximate surface area is 67.9 Å².